The van der Waals surface area contributed by atoms with Crippen LogP contribution in [0.1, 0.15) is 22.0 Å². The number of amides is 1. The number of carbonyl (C=O) groups is 1. The van der Waals surface area contributed by atoms with E-state index in [4.69, 9.17) is 16.3 Å². The normalized spacial score (nSPS) is 11.9. The fraction of sp³-hybridized carbons (Fsp3) is 0.235. The largest absolute Gasteiger partial charge is 0.495 e. The molecule has 0 aliphatic carbocycles. The molecule has 2 rings (SSSR count). The molecular formula is C17H17ClFNO3. The Kier molecular flexibility index (Phi) is 5.58. The highest BCUT2D eigenvalue weighted by Gasteiger charge is 2.18. The molecule has 1 amide bonds. The third-order valence-electron chi connectivity index (χ3n) is 3.45. The van der Waals surface area contributed by atoms with Gasteiger partial charge in [0.05, 0.1) is 24.8 Å². The van der Waals surface area contributed by atoms with E-state index in [-0.39, 0.29) is 18.3 Å². The van der Waals surface area contributed by atoms with Crippen LogP contribution in [-0.2, 0) is 0 Å². The second-order valence-corrected chi connectivity index (χ2v) is 5.51. The molecule has 0 aliphatic heterocycles. The zero-order valence-electron chi connectivity index (χ0n) is 12.8. The lowest BCUT2D eigenvalue weighted by Crippen LogP contribution is -2.31. The first-order valence-corrected chi connectivity index (χ1v) is 7.32. The summed E-state index contributed by atoms with van der Waals surface area (Å²) in [5.74, 6) is -0.246. The summed E-state index contributed by atoms with van der Waals surface area (Å²) in [6.45, 7) is 0.0788. The van der Waals surface area contributed by atoms with Crippen LogP contribution in [0.4, 0.5) is 4.39 Å². The van der Waals surface area contributed by atoms with Crippen LogP contribution in [0.15, 0.2) is 42.5 Å². The van der Waals surface area contributed by atoms with Gasteiger partial charge in [0.1, 0.15) is 11.6 Å². The number of nitrogens with zero attached hydrogens (tertiary/aromatic N) is 1. The summed E-state index contributed by atoms with van der Waals surface area (Å²) in [7, 11) is 3.05. The SMILES string of the molecule is COc1cc(C(=O)N(C)C[C@@H](O)c2ccc(F)cc2)ccc1Cl. The average Bonchev–Trinajstić information content (AvgIpc) is 2.55. The smallest absolute Gasteiger partial charge is 0.253 e. The summed E-state index contributed by atoms with van der Waals surface area (Å²) in [5.41, 5.74) is 0.944. The van der Waals surface area contributed by atoms with Gasteiger partial charge in [0.2, 0.25) is 0 Å². The summed E-state index contributed by atoms with van der Waals surface area (Å²) >= 11 is 5.94. The Morgan fingerprint density at radius 1 is 1.30 bits per heavy atom. The Hall–Kier alpha value is -2.11. The second-order valence-electron chi connectivity index (χ2n) is 5.10. The Balaban J connectivity index is 2.09. The van der Waals surface area contributed by atoms with Crippen molar-refractivity contribution < 1.29 is 19.0 Å². The van der Waals surface area contributed by atoms with Crippen LogP contribution in [0, 0.1) is 5.82 Å². The molecule has 6 heteroatoms. The van der Waals surface area contributed by atoms with Gasteiger partial charge < -0.3 is 14.7 Å². The quantitative estimate of drug-likeness (QED) is 0.910. The summed E-state index contributed by atoms with van der Waals surface area (Å²) in [5, 5.41) is 10.6. The van der Waals surface area contributed by atoms with Crippen molar-refractivity contribution in [2.24, 2.45) is 0 Å². The van der Waals surface area contributed by atoms with Crippen LogP contribution in [0.2, 0.25) is 5.02 Å². The van der Waals surface area contributed by atoms with Crippen LogP contribution in [0.3, 0.4) is 0 Å². The molecule has 4 nitrogen and oxygen atoms in total. The lowest BCUT2D eigenvalue weighted by molar-refractivity contribution is 0.0680. The van der Waals surface area contributed by atoms with E-state index in [2.05, 4.69) is 0 Å². The van der Waals surface area contributed by atoms with Crippen molar-refractivity contribution >= 4 is 17.5 Å². The van der Waals surface area contributed by atoms with Gasteiger partial charge in [-0.2, -0.15) is 0 Å². The number of ether oxygens (including phenoxy) is 1. The van der Waals surface area contributed by atoms with Gasteiger partial charge in [0.25, 0.3) is 5.91 Å². The predicted molar refractivity (Wildman–Crippen MR) is 86.3 cm³/mol. The zero-order valence-corrected chi connectivity index (χ0v) is 13.5. The topological polar surface area (TPSA) is 49.8 Å². The molecule has 0 aromatic heterocycles. The van der Waals surface area contributed by atoms with Crippen molar-refractivity contribution in [2.75, 3.05) is 20.7 Å². The predicted octanol–water partition coefficient (Wildman–Crippen LogP) is 3.29. The van der Waals surface area contributed by atoms with E-state index in [0.717, 1.165) is 0 Å². The number of methoxy groups -OCH3 is 1. The van der Waals surface area contributed by atoms with E-state index in [0.29, 0.717) is 21.9 Å². The maximum atomic E-state index is 12.9. The Labute approximate surface area is 139 Å². The lowest BCUT2D eigenvalue weighted by Gasteiger charge is -2.21. The summed E-state index contributed by atoms with van der Waals surface area (Å²) < 4.78 is 18.0. The molecule has 0 spiro atoms. The first kappa shape index (κ1) is 17.2. The van der Waals surface area contributed by atoms with Gasteiger partial charge in [-0.3, -0.25) is 4.79 Å². The molecule has 2 aromatic rings. The minimum Gasteiger partial charge on any atom is -0.495 e. The number of benzene rings is 2. The minimum atomic E-state index is -0.904. The number of likely N-dealkylation sites (N-methyl/N-ethyl adjacent to an activating group) is 1. The Morgan fingerprint density at radius 3 is 2.57 bits per heavy atom. The van der Waals surface area contributed by atoms with Crippen molar-refractivity contribution in [2.45, 2.75) is 6.10 Å². The van der Waals surface area contributed by atoms with Gasteiger partial charge in [0.15, 0.2) is 0 Å². The van der Waals surface area contributed by atoms with Crippen LogP contribution >= 0.6 is 11.6 Å². The molecule has 1 N–H and O–H groups in total. The first-order valence-electron chi connectivity index (χ1n) is 6.95. The molecule has 1 atom stereocenters. The summed E-state index contributed by atoms with van der Waals surface area (Å²) in [4.78, 5) is 13.8. The zero-order chi connectivity index (χ0) is 17.0. The molecule has 0 heterocycles. The maximum Gasteiger partial charge on any atom is 0.253 e. The summed E-state index contributed by atoms with van der Waals surface area (Å²) in [6, 6.07) is 10.2. The molecule has 0 saturated carbocycles. The number of aliphatic hydroxyl groups excluding tert-OH is 1. The van der Waals surface area contributed by atoms with Crippen LogP contribution in [0.5, 0.6) is 5.75 Å². The van der Waals surface area contributed by atoms with Crippen molar-refractivity contribution in [1.29, 1.82) is 0 Å². The molecule has 0 fully saturated rings. The molecule has 122 valence electrons. The number of halogens is 2. The van der Waals surface area contributed by atoms with E-state index in [1.807, 2.05) is 0 Å². The molecule has 0 radical (unpaired) electrons. The van der Waals surface area contributed by atoms with Gasteiger partial charge >= 0.3 is 0 Å². The highest BCUT2D eigenvalue weighted by atomic mass is 35.5. The number of aliphatic hydroxyl groups is 1. The van der Waals surface area contributed by atoms with E-state index in [9.17, 15) is 14.3 Å². The van der Waals surface area contributed by atoms with Gasteiger partial charge in [-0.05, 0) is 35.9 Å². The average molecular weight is 338 g/mol. The van der Waals surface area contributed by atoms with E-state index < -0.39 is 6.10 Å². The van der Waals surface area contributed by atoms with Crippen molar-refractivity contribution in [1.82, 2.24) is 4.90 Å². The van der Waals surface area contributed by atoms with E-state index in [1.165, 1.54) is 36.3 Å². The molecule has 23 heavy (non-hydrogen) atoms. The number of rotatable bonds is 5. The monoisotopic (exact) mass is 337 g/mol. The molecule has 2 aromatic carbocycles. The van der Waals surface area contributed by atoms with Crippen molar-refractivity contribution in [3.05, 3.63) is 64.4 Å². The third-order valence-corrected chi connectivity index (χ3v) is 3.76. The van der Waals surface area contributed by atoms with E-state index in [1.54, 1.807) is 25.2 Å². The third kappa shape index (κ3) is 4.21. The highest BCUT2D eigenvalue weighted by Crippen LogP contribution is 2.25. The fourth-order valence-electron chi connectivity index (χ4n) is 2.15. The highest BCUT2D eigenvalue weighted by molar-refractivity contribution is 6.32. The van der Waals surface area contributed by atoms with Crippen molar-refractivity contribution in [3.8, 4) is 5.75 Å². The molecule has 0 saturated heterocycles. The molecule has 0 aliphatic rings. The second kappa shape index (κ2) is 7.44. The minimum absolute atomic E-state index is 0.0788. The van der Waals surface area contributed by atoms with Crippen LogP contribution in [-0.4, -0.2) is 36.6 Å². The number of hydrogen-bond donors (Lipinski definition) is 1. The molecule has 0 bridgehead atoms. The Morgan fingerprint density at radius 2 is 1.96 bits per heavy atom. The van der Waals surface area contributed by atoms with E-state index >= 15 is 0 Å². The fourth-order valence-corrected chi connectivity index (χ4v) is 2.34. The van der Waals surface area contributed by atoms with Gasteiger partial charge in [-0.1, -0.05) is 23.7 Å². The lowest BCUT2D eigenvalue weighted by atomic mass is 10.1. The Bertz CT molecular complexity index is 691. The van der Waals surface area contributed by atoms with Gasteiger partial charge in [0, 0.05) is 12.6 Å². The molecule has 0 unspecified atom stereocenters. The standard InChI is InChI=1S/C17H17ClFNO3/c1-20(10-15(21)11-3-6-13(19)7-4-11)17(22)12-5-8-14(18)16(9-12)23-2/h3-9,15,21H,10H2,1-2H3/t15-/m1/s1. The molecular weight excluding hydrogens is 321 g/mol. The first-order chi connectivity index (χ1) is 10.9. The van der Waals surface area contributed by atoms with Gasteiger partial charge in [-0.25, -0.2) is 4.39 Å². The van der Waals surface area contributed by atoms with Crippen LogP contribution < -0.4 is 4.74 Å². The van der Waals surface area contributed by atoms with Crippen molar-refractivity contribution in [3.63, 3.8) is 0 Å². The number of carbonyl (C=O) groups excluding carboxylic acids is 1. The van der Waals surface area contributed by atoms with Gasteiger partial charge in [-0.15, -0.1) is 0 Å². The number of hydrogen-bond acceptors (Lipinski definition) is 3. The maximum absolute atomic E-state index is 12.9. The summed E-state index contributed by atoms with van der Waals surface area (Å²) in [6.07, 6.45) is -0.904. The van der Waals surface area contributed by atoms with Crippen LogP contribution in [0.25, 0.3) is 0 Å².